The number of hydrazine groups is 1. The second-order valence-electron chi connectivity index (χ2n) is 1.85. The van der Waals surface area contributed by atoms with Crippen LogP contribution in [0.4, 0.5) is 14.6 Å². The monoisotopic (exact) mass is 175 g/mol. The minimum absolute atomic E-state index is 0.348. The Morgan fingerprint density at radius 2 is 2.17 bits per heavy atom. The minimum Gasteiger partial charge on any atom is -0.234 e. The van der Waals surface area contributed by atoms with Gasteiger partial charge in [-0.1, -0.05) is 5.43 Å². The van der Waals surface area contributed by atoms with Gasteiger partial charge in [-0.2, -0.15) is 0 Å². The summed E-state index contributed by atoms with van der Waals surface area (Å²) in [6.45, 7) is 0. The van der Waals surface area contributed by atoms with Crippen molar-refractivity contribution in [2.24, 2.45) is 0 Å². The van der Waals surface area contributed by atoms with E-state index in [1.54, 1.807) is 5.43 Å². The summed E-state index contributed by atoms with van der Waals surface area (Å²) < 4.78 is 24.6. The third-order valence-electron chi connectivity index (χ3n) is 1.01. The lowest BCUT2D eigenvalue weighted by molar-refractivity contribution is -0.445. The van der Waals surface area contributed by atoms with E-state index in [1.165, 1.54) is 0 Å². The van der Waals surface area contributed by atoms with Crippen LogP contribution in [0, 0.1) is 21.7 Å². The second-order valence-corrected chi connectivity index (χ2v) is 1.85. The van der Waals surface area contributed by atoms with E-state index in [4.69, 9.17) is 0 Å². The van der Waals surface area contributed by atoms with Crippen LogP contribution >= 0.6 is 0 Å². The molecule has 7 heteroatoms. The van der Waals surface area contributed by atoms with E-state index in [9.17, 15) is 18.9 Å². The normalized spacial score (nSPS) is 9.50. The highest BCUT2D eigenvalue weighted by Gasteiger charge is 2.06. The number of anilines is 1. The highest BCUT2D eigenvalue weighted by atomic mass is 19.2. The molecule has 1 aromatic heterocycles. The predicted octanol–water partition coefficient (Wildman–Crippen LogP) is 0.963. The number of hydrogen-bond acceptors (Lipinski definition) is 3. The van der Waals surface area contributed by atoms with Crippen molar-refractivity contribution in [2.75, 3.05) is 5.43 Å². The molecular weight excluding hydrogens is 172 g/mol. The first-order valence-corrected chi connectivity index (χ1v) is 2.81. The lowest BCUT2D eigenvalue weighted by atomic mass is 10.4. The molecule has 0 fully saturated rings. The average Bonchev–Trinajstić information content (AvgIpc) is 1.96. The fourth-order valence-electron chi connectivity index (χ4n) is 0.569. The number of nitrogens with zero attached hydrogens (tertiary/aromatic N) is 2. The molecule has 0 aliphatic heterocycles. The van der Waals surface area contributed by atoms with Gasteiger partial charge in [0, 0.05) is 6.07 Å². The number of halogens is 2. The van der Waals surface area contributed by atoms with Crippen LogP contribution in [-0.2, 0) is 0 Å². The fraction of sp³-hybridized carbons (Fsp3) is 0. The molecule has 64 valence electrons. The second kappa shape index (κ2) is 3.07. The number of rotatable bonds is 2. The van der Waals surface area contributed by atoms with Gasteiger partial charge >= 0.3 is 0 Å². The van der Waals surface area contributed by atoms with Gasteiger partial charge < -0.3 is 0 Å². The van der Waals surface area contributed by atoms with Gasteiger partial charge in [0.1, 0.15) is 0 Å². The number of nitro groups is 1. The summed E-state index contributed by atoms with van der Waals surface area (Å²) in [6.07, 6.45) is 0.557. The van der Waals surface area contributed by atoms with Crippen molar-refractivity contribution in [1.82, 2.24) is 4.98 Å². The third-order valence-corrected chi connectivity index (χ3v) is 1.01. The SMILES string of the molecule is O=[N+]([O-])Nc1cc(F)c(F)cn1. The number of aromatic nitrogens is 1. The standard InChI is InChI=1S/C5H3F2N3O2/c6-3-1-5(9-10(11)12)8-2-4(3)7/h1-2H,(H,8,9). The molecule has 0 saturated heterocycles. The van der Waals surface area contributed by atoms with Gasteiger partial charge in [-0.05, 0) is 0 Å². The average molecular weight is 175 g/mol. The van der Waals surface area contributed by atoms with Crippen LogP contribution in [0.5, 0.6) is 0 Å². The predicted molar refractivity (Wildman–Crippen MR) is 34.8 cm³/mol. The van der Waals surface area contributed by atoms with E-state index in [0.29, 0.717) is 12.3 Å². The topological polar surface area (TPSA) is 68.1 Å². The van der Waals surface area contributed by atoms with Crippen LogP contribution < -0.4 is 5.43 Å². The summed E-state index contributed by atoms with van der Waals surface area (Å²) in [7, 11) is 0. The maximum atomic E-state index is 12.4. The molecular formula is C5H3F2N3O2. The van der Waals surface area contributed by atoms with Gasteiger partial charge in [0.15, 0.2) is 22.5 Å². The Balaban J connectivity index is 2.89. The van der Waals surface area contributed by atoms with Gasteiger partial charge in [0.2, 0.25) is 0 Å². The summed E-state index contributed by atoms with van der Waals surface area (Å²) in [6, 6.07) is 0.595. The zero-order valence-corrected chi connectivity index (χ0v) is 5.62. The molecule has 0 saturated carbocycles. The van der Waals surface area contributed by atoms with E-state index >= 15 is 0 Å². The summed E-state index contributed by atoms with van der Waals surface area (Å²) >= 11 is 0. The molecule has 5 nitrogen and oxygen atoms in total. The number of nitrogens with one attached hydrogen (secondary N) is 1. The van der Waals surface area contributed by atoms with Crippen molar-refractivity contribution in [3.05, 3.63) is 34.0 Å². The van der Waals surface area contributed by atoms with Crippen LogP contribution in [-0.4, -0.2) is 10.0 Å². The summed E-state index contributed by atoms with van der Waals surface area (Å²) in [5, 5.41) is 8.89. The first-order chi connectivity index (χ1) is 5.59. The Hall–Kier alpha value is -1.79. The van der Waals surface area contributed by atoms with Gasteiger partial charge in [-0.25, -0.2) is 23.9 Å². The zero-order valence-electron chi connectivity index (χ0n) is 5.62. The minimum atomic E-state index is -1.19. The molecule has 0 aliphatic rings. The number of pyridine rings is 1. The molecule has 12 heavy (non-hydrogen) atoms. The highest BCUT2D eigenvalue weighted by Crippen LogP contribution is 2.08. The molecule has 0 spiro atoms. The van der Waals surface area contributed by atoms with E-state index in [2.05, 4.69) is 4.98 Å². The van der Waals surface area contributed by atoms with Gasteiger partial charge in [0.25, 0.3) is 0 Å². The molecule has 0 bridgehead atoms. The Labute approximate surface area is 65.2 Å². The van der Waals surface area contributed by atoms with E-state index in [-0.39, 0.29) is 5.82 Å². The Kier molecular flexibility index (Phi) is 2.13. The molecule has 0 amide bonds. The lowest BCUT2D eigenvalue weighted by Crippen LogP contribution is -2.09. The van der Waals surface area contributed by atoms with Crippen molar-refractivity contribution in [3.63, 3.8) is 0 Å². The van der Waals surface area contributed by atoms with Gasteiger partial charge in [0.05, 0.1) is 6.20 Å². The third kappa shape index (κ3) is 1.84. The fourth-order valence-corrected chi connectivity index (χ4v) is 0.569. The Bertz CT molecular complexity index is 318. The van der Waals surface area contributed by atoms with Crippen LogP contribution in [0.25, 0.3) is 0 Å². The van der Waals surface area contributed by atoms with Crippen LogP contribution in [0.3, 0.4) is 0 Å². The molecule has 0 radical (unpaired) electrons. The highest BCUT2D eigenvalue weighted by molar-refractivity contribution is 5.31. The van der Waals surface area contributed by atoms with Gasteiger partial charge in [-0.3, -0.25) is 0 Å². The van der Waals surface area contributed by atoms with Crippen LogP contribution in [0.2, 0.25) is 0 Å². The molecule has 0 unspecified atom stereocenters. The molecule has 1 heterocycles. The Morgan fingerprint density at radius 3 is 2.67 bits per heavy atom. The maximum Gasteiger partial charge on any atom is 0.193 e. The van der Waals surface area contributed by atoms with Crippen molar-refractivity contribution in [1.29, 1.82) is 0 Å². The molecule has 0 aliphatic carbocycles. The van der Waals surface area contributed by atoms with E-state index < -0.39 is 16.7 Å². The van der Waals surface area contributed by atoms with Crippen LogP contribution in [0.1, 0.15) is 0 Å². The molecule has 1 rings (SSSR count). The van der Waals surface area contributed by atoms with Crippen molar-refractivity contribution >= 4 is 5.82 Å². The zero-order chi connectivity index (χ0) is 9.14. The maximum absolute atomic E-state index is 12.4. The van der Waals surface area contributed by atoms with Crippen molar-refractivity contribution in [2.45, 2.75) is 0 Å². The largest absolute Gasteiger partial charge is 0.234 e. The lowest BCUT2D eigenvalue weighted by Gasteiger charge is -1.95. The first kappa shape index (κ1) is 8.31. The first-order valence-electron chi connectivity index (χ1n) is 2.81. The smallest absolute Gasteiger partial charge is 0.193 e. The summed E-state index contributed by atoms with van der Waals surface area (Å²) in [5.41, 5.74) is 1.58. The number of hydrogen-bond donors (Lipinski definition) is 1. The van der Waals surface area contributed by atoms with E-state index in [0.717, 1.165) is 0 Å². The summed E-state index contributed by atoms with van der Waals surface area (Å²) in [5.74, 6) is -2.68. The quantitative estimate of drug-likeness (QED) is 0.537. The van der Waals surface area contributed by atoms with Gasteiger partial charge in [-0.15, -0.1) is 0 Å². The molecule has 1 aromatic rings. The van der Waals surface area contributed by atoms with Crippen molar-refractivity contribution < 1.29 is 13.8 Å². The summed E-state index contributed by atoms with van der Waals surface area (Å²) in [4.78, 5) is 13.0. The molecule has 0 aromatic carbocycles. The van der Waals surface area contributed by atoms with Crippen molar-refractivity contribution in [3.8, 4) is 0 Å². The Morgan fingerprint density at radius 1 is 1.50 bits per heavy atom. The van der Waals surface area contributed by atoms with E-state index in [1.807, 2.05) is 0 Å². The molecule has 1 N–H and O–H groups in total. The molecule has 0 atom stereocenters. The van der Waals surface area contributed by atoms with Crippen LogP contribution in [0.15, 0.2) is 12.3 Å².